The van der Waals surface area contributed by atoms with Crippen molar-refractivity contribution in [1.82, 2.24) is 14.8 Å². The zero-order valence-corrected chi connectivity index (χ0v) is 26.1. The summed E-state index contributed by atoms with van der Waals surface area (Å²) in [7, 11) is 1.34. The van der Waals surface area contributed by atoms with Crippen LogP contribution in [0.5, 0.6) is 5.75 Å². The maximum absolute atomic E-state index is 13.0. The zero-order chi connectivity index (χ0) is 29.5. The van der Waals surface area contributed by atoms with Crippen molar-refractivity contribution in [3.63, 3.8) is 0 Å². The standard InChI is InChI=1S/C30H33ClN4O4S2/c1-6-35-25(8-7-13-39-24-12-11-21(31)15-20(24)4)33-34-30(35)41-17-26(36)32-28-27(29(37)38-5)23(16-40-28)22-14-18(2)9-10-19(22)3/h9-12,14-16H,6-8,13,17H2,1-5H3,(H,32,36). The first-order valence-electron chi connectivity index (χ1n) is 13.2. The second kappa shape index (κ2) is 14.0. The summed E-state index contributed by atoms with van der Waals surface area (Å²) in [5.74, 6) is 1.05. The number of carbonyl (C=O) groups excluding carboxylic acids is 2. The molecule has 0 saturated heterocycles. The van der Waals surface area contributed by atoms with Crippen molar-refractivity contribution in [2.45, 2.75) is 52.2 Å². The third-order valence-electron chi connectivity index (χ3n) is 6.50. The summed E-state index contributed by atoms with van der Waals surface area (Å²) in [5, 5.41) is 15.3. The topological polar surface area (TPSA) is 95.3 Å². The minimum atomic E-state index is -0.490. The van der Waals surface area contributed by atoms with Crippen LogP contribution in [0.15, 0.2) is 46.9 Å². The fourth-order valence-electron chi connectivity index (χ4n) is 4.39. The van der Waals surface area contributed by atoms with Crippen molar-refractivity contribution in [1.29, 1.82) is 0 Å². The fraction of sp³-hybridized carbons (Fsp3) is 0.333. The third kappa shape index (κ3) is 7.49. The number of aryl methyl sites for hydroxylation is 4. The highest BCUT2D eigenvalue weighted by atomic mass is 35.5. The number of thiophene rings is 1. The Morgan fingerprint density at radius 1 is 1.07 bits per heavy atom. The first-order chi connectivity index (χ1) is 19.7. The number of esters is 1. The normalized spacial score (nSPS) is 11.0. The van der Waals surface area contributed by atoms with E-state index >= 15 is 0 Å². The molecular weight excluding hydrogens is 580 g/mol. The van der Waals surface area contributed by atoms with E-state index < -0.39 is 5.97 Å². The molecule has 41 heavy (non-hydrogen) atoms. The monoisotopic (exact) mass is 612 g/mol. The van der Waals surface area contributed by atoms with Crippen LogP contribution in [0.4, 0.5) is 5.00 Å². The number of nitrogens with one attached hydrogen (secondary N) is 1. The number of hydrogen-bond acceptors (Lipinski definition) is 8. The molecule has 0 aliphatic heterocycles. The van der Waals surface area contributed by atoms with Gasteiger partial charge in [-0.2, -0.15) is 0 Å². The molecule has 8 nitrogen and oxygen atoms in total. The lowest BCUT2D eigenvalue weighted by molar-refractivity contribution is -0.113. The number of anilines is 1. The Hall–Kier alpha value is -3.34. The lowest BCUT2D eigenvalue weighted by atomic mass is 9.97. The van der Waals surface area contributed by atoms with E-state index in [-0.39, 0.29) is 11.7 Å². The number of carbonyl (C=O) groups is 2. The number of ether oxygens (including phenoxy) is 2. The van der Waals surface area contributed by atoms with Crippen molar-refractivity contribution >= 4 is 51.6 Å². The Bertz CT molecular complexity index is 1550. The summed E-state index contributed by atoms with van der Waals surface area (Å²) in [5.41, 5.74) is 5.16. The molecule has 4 aromatic rings. The number of methoxy groups -OCH3 is 1. The van der Waals surface area contributed by atoms with Gasteiger partial charge in [0.2, 0.25) is 5.91 Å². The molecule has 0 fully saturated rings. The quantitative estimate of drug-likeness (QED) is 0.103. The van der Waals surface area contributed by atoms with Gasteiger partial charge in [0.25, 0.3) is 0 Å². The molecule has 0 radical (unpaired) electrons. The Morgan fingerprint density at radius 2 is 1.88 bits per heavy atom. The minimum absolute atomic E-state index is 0.119. The molecule has 2 aromatic heterocycles. The number of hydrogen-bond donors (Lipinski definition) is 1. The SMILES string of the molecule is CCn1c(CCCOc2ccc(Cl)cc2C)nnc1SCC(=O)Nc1scc(-c2cc(C)ccc2C)c1C(=O)OC. The van der Waals surface area contributed by atoms with Gasteiger partial charge in [0.1, 0.15) is 22.1 Å². The van der Waals surface area contributed by atoms with Crippen molar-refractivity contribution in [2.24, 2.45) is 0 Å². The van der Waals surface area contributed by atoms with E-state index in [1.807, 2.05) is 74.0 Å². The summed E-state index contributed by atoms with van der Waals surface area (Å²) in [6, 6.07) is 11.6. The first kappa shape index (κ1) is 30.6. The summed E-state index contributed by atoms with van der Waals surface area (Å²) in [4.78, 5) is 25.7. The minimum Gasteiger partial charge on any atom is -0.493 e. The number of amides is 1. The van der Waals surface area contributed by atoms with Crippen LogP contribution in [0, 0.1) is 20.8 Å². The van der Waals surface area contributed by atoms with E-state index in [2.05, 4.69) is 15.5 Å². The van der Waals surface area contributed by atoms with Crippen molar-refractivity contribution < 1.29 is 19.1 Å². The molecule has 0 saturated carbocycles. The lowest BCUT2D eigenvalue weighted by Gasteiger charge is -2.11. The Labute approximate surface area is 253 Å². The van der Waals surface area contributed by atoms with E-state index in [1.165, 1.54) is 30.2 Å². The lowest BCUT2D eigenvalue weighted by Crippen LogP contribution is -2.16. The summed E-state index contributed by atoms with van der Waals surface area (Å²) in [6.45, 7) is 9.20. The molecule has 0 aliphatic rings. The Morgan fingerprint density at radius 3 is 2.61 bits per heavy atom. The summed E-state index contributed by atoms with van der Waals surface area (Å²) in [6.07, 6.45) is 1.46. The first-order valence-corrected chi connectivity index (χ1v) is 15.5. The van der Waals surface area contributed by atoms with Crippen LogP contribution in [0.3, 0.4) is 0 Å². The number of benzene rings is 2. The summed E-state index contributed by atoms with van der Waals surface area (Å²) < 4.78 is 13.0. The van der Waals surface area contributed by atoms with Crippen LogP contribution in [0.2, 0.25) is 5.02 Å². The predicted octanol–water partition coefficient (Wildman–Crippen LogP) is 7.13. The molecule has 1 N–H and O–H groups in total. The van der Waals surface area contributed by atoms with Crippen molar-refractivity contribution in [2.75, 3.05) is 24.8 Å². The molecule has 0 unspecified atom stereocenters. The molecule has 0 aliphatic carbocycles. The highest BCUT2D eigenvalue weighted by molar-refractivity contribution is 7.99. The van der Waals surface area contributed by atoms with Gasteiger partial charge in [-0.25, -0.2) is 4.79 Å². The van der Waals surface area contributed by atoms with Gasteiger partial charge in [-0.05, 0) is 69.0 Å². The van der Waals surface area contributed by atoms with Crippen LogP contribution >= 0.6 is 34.7 Å². The van der Waals surface area contributed by atoms with Crippen LogP contribution in [-0.2, 0) is 22.5 Å². The molecule has 0 bridgehead atoms. The maximum atomic E-state index is 13.0. The van der Waals surface area contributed by atoms with Gasteiger partial charge in [-0.15, -0.1) is 21.5 Å². The second-order valence-corrected chi connectivity index (χ2v) is 11.8. The van der Waals surface area contributed by atoms with Crippen LogP contribution < -0.4 is 10.1 Å². The second-order valence-electron chi connectivity index (χ2n) is 9.51. The van der Waals surface area contributed by atoms with Crippen LogP contribution in [-0.4, -0.2) is 46.1 Å². The molecule has 216 valence electrons. The summed E-state index contributed by atoms with van der Waals surface area (Å²) >= 11 is 8.64. The largest absolute Gasteiger partial charge is 0.493 e. The average Bonchev–Trinajstić information content (AvgIpc) is 3.55. The van der Waals surface area contributed by atoms with Gasteiger partial charge in [0, 0.05) is 28.9 Å². The Balaban J connectivity index is 1.37. The van der Waals surface area contributed by atoms with Gasteiger partial charge >= 0.3 is 5.97 Å². The molecule has 11 heteroatoms. The van der Waals surface area contributed by atoms with E-state index in [4.69, 9.17) is 21.1 Å². The highest BCUT2D eigenvalue weighted by Crippen LogP contribution is 2.38. The molecule has 0 atom stereocenters. The van der Waals surface area contributed by atoms with Gasteiger partial charge in [-0.3, -0.25) is 4.79 Å². The van der Waals surface area contributed by atoms with E-state index in [9.17, 15) is 9.59 Å². The van der Waals surface area contributed by atoms with Gasteiger partial charge in [0.15, 0.2) is 5.16 Å². The smallest absolute Gasteiger partial charge is 0.341 e. The van der Waals surface area contributed by atoms with Gasteiger partial charge in [0.05, 0.1) is 19.5 Å². The molecule has 1 amide bonds. The number of halogens is 1. The number of thioether (sulfide) groups is 1. The molecule has 2 heterocycles. The van der Waals surface area contributed by atoms with Crippen molar-refractivity contribution in [3.05, 3.63) is 74.9 Å². The molecule has 4 rings (SSSR count). The fourth-order valence-corrected chi connectivity index (χ4v) is 6.40. The van der Waals surface area contributed by atoms with E-state index in [0.717, 1.165) is 45.8 Å². The number of nitrogens with zero attached hydrogens (tertiary/aromatic N) is 3. The third-order valence-corrected chi connectivity index (χ3v) is 8.60. The van der Waals surface area contributed by atoms with E-state index in [0.29, 0.717) is 40.3 Å². The van der Waals surface area contributed by atoms with Gasteiger partial charge in [-0.1, -0.05) is 47.1 Å². The average molecular weight is 613 g/mol. The van der Waals surface area contributed by atoms with Crippen LogP contribution in [0.25, 0.3) is 11.1 Å². The highest BCUT2D eigenvalue weighted by Gasteiger charge is 2.23. The molecule has 2 aromatic carbocycles. The molecule has 0 spiro atoms. The zero-order valence-electron chi connectivity index (χ0n) is 23.7. The van der Waals surface area contributed by atoms with Crippen LogP contribution in [0.1, 0.15) is 46.2 Å². The van der Waals surface area contributed by atoms with Gasteiger partial charge < -0.3 is 19.4 Å². The predicted molar refractivity (Wildman–Crippen MR) is 166 cm³/mol. The maximum Gasteiger partial charge on any atom is 0.341 e. The van der Waals surface area contributed by atoms with E-state index in [1.54, 1.807) is 0 Å². The number of rotatable bonds is 12. The Kier molecular flexibility index (Phi) is 10.5. The van der Waals surface area contributed by atoms with Crippen molar-refractivity contribution in [3.8, 4) is 16.9 Å². The number of aromatic nitrogens is 3. The molecular formula is C30H33ClN4O4S2.